The van der Waals surface area contributed by atoms with E-state index in [0.29, 0.717) is 13.2 Å². The molecule has 1 saturated heterocycles. The third-order valence-corrected chi connectivity index (χ3v) is 7.93. The maximum absolute atomic E-state index is 14.9. The van der Waals surface area contributed by atoms with Gasteiger partial charge in [-0.3, -0.25) is 0 Å². The number of nitrogens with one attached hydrogen (secondary N) is 2. The summed E-state index contributed by atoms with van der Waals surface area (Å²) in [6.45, 7) is 9.20. The molecule has 8 nitrogen and oxygen atoms in total. The second-order valence-electron chi connectivity index (χ2n) is 10.7. The van der Waals surface area contributed by atoms with Crippen molar-refractivity contribution in [2.45, 2.75) is 52.0 Å². The summed E-state index contributed by atoms with van der Waals surface area (Å²) in [5.41, 5.74) is -1.50. The first kappa shape index (κ1) is 29.7. The van der Waals surface area contributed by atoms with E-state index in [9.17, 15) is 26.7 Å². The first-order chi connectivity index (χ1) is 18.8. The lowest BCUT2D eigenvalue weighted by Crippen LogP contribution is -2.53. The highest BCUT2D eigenvalue weighted by Crippen LogP contribution is 2.42. The molecule has 1 aliphatic rings. The van der Waals surface area contributed by atoms with Crippen LogP contribution < -0.4 is 15.4 Å². The minimum Gasteiger partial charge on any atom is -0.450 e. The van der Waals surface area contributed by atoms with Gasteiger partial charge in [0.2, 0.25) is 0 Å². The molecule has 1 unspecified atom stereocenters. The van der Waals surface area contributed by atoms with Crippen molar-refractivity contribution in [3.63, 3.8) is 0 Å². The van der Waals surface area contributed by atoms with E-state index in [1.165, 1.54) is 10.8 Å². The molecule has 1 aliphatic heterocycles. The molecule has 0 aliphatic carbocycles. The van der Waals surface area contributed by atoms with Gasteiger partial charge in [0.25, 0.3) is 0 Å². The Kier molecular flexibility index (Phi) is 8.71. The molecule has 1 aromatic carbocycles. The van der Waals surface area contributed by atoms with Crippen LogP contribution in [0, 0.1) is 17.0 Å². The Morgan fingerprint density at radius 2 is 1.95 bits per heavy atom. The van der Waals surface area contributed by atoms with Crippen molar-refractivity contribution in [1.29, 1.82) is 0 Å². The monoisotopic (exact) mass is 586 g/mol. The van der Waals surface area contributed by atoms with Crippen molar-refractivity contribution in [2.75, 3.05) is 25.1 Å². The van der Waals surface area contributed by atoms with Crippen LogP contribution in [-0.2, 0) is 22.4 Å². The number of anilines is 1. The summed E-state index contributed by atoms with van der Waals surface area (Å²) in [5.74, 6) is -3.82. The number of carbonyl (C=O) groups excluding carboxylic acids is 1. The number of rotatable bonds is 10. The number of urea groups is 1. The summed E-state index contributed by atoms with van der Waals surface area (Å²) in [6.07, 6.45) is -2.97. The van der Waals surface area contributed by atoms with Crippen molar-refractivity contribution >= 4 is 31.5 Å². The smallest absolute Gasteiger partial charge is 0.418 e. The van der Waals surface area contributed by atoms with E-state index in [1.54, 1.807) is 0 Å². The predicted octanol–water partition coefficient (Wildman–Crippen LogP) is 6.13. The molecule has 0 bridgehead atoms. The lowest BCUT2D eigenvalue weighted by atomic mass is 9.82. The van der Waals surface area contributed by atoms with Gasteiger partial charge in [0, 0.05) is 57.6 Å². The van der Waals surface area contributed by atoms with E-state index in [-0.39, 0.29) is 36.1 Å². The molecular formula is C26H31F5N4O4Si. The normalized spacial score (nSPS) is 16.7. The molecule has 1 atom stereocenters. The van der Waals surface area contributed by atoms with Crippen LogP contribution in [0.15, 0.2) is 30.6 Å². The number of carbonyl (C=O) groups is 1. The summed E-state index contributed by atoms with van der Waals surface area (Å²) in [5, 5.41) is 4.44. The van der Waals surface area contributed by atoms with Crippen molar-refractivity contribution in [3.8, 4) is 11.5 Å². The van der Waals surface area contributed by atoms with Gasteiger partial charge in [-0.05, 0) is 12.1 Å². The number of benzene rings is 1. The highest BCUT2D eigenvalue weighted by atomic mass is 28.3. The molecule has 3 heterocycles. The number of ether oxygens (including phenoxy) is 3. The Balaban J connectivity index is 1.54. The Labute approximate surface area is 229 Å². The fraction of sp³-hybridized carbons (Fsp3) is 0.462. The maximum Gasteiger partial charge on any atom is 0.418 e. The van der Waals surface area contributed by atoms with E-state index < -0.39 is 55.1 Å². The molecule has 4 rings (SSSR count). The Morgan fingerprint density at radius 3 is 2.52 bits per heavy atom. The summed E-state index contributed by atoms with van der Waals surface area (Å²) in [4.78, 5) is 16.2. The molecule has 0 spiro atoms. The van der Waals surface area contributed by atoms with Crippen LogP contribution in [-0.4, -0.2) is 50.2 Å². The van der Waals surface area contributed by atoms with E-state index >= 15 is 0 Å². The Morgan fingerprint density at radius 1 is 1.25 bits per heavy atom. The van der Waals surface area contributed by atoms with Crippen LogP contribution >= 0.6 is 0 Å². The van der Waals surface area contributed by atoms with Gasteiger partial charge in [0.15, 0.2) is 17.4 Å². The lowest BCUT2D eigenvalue weighted by Gasteiger charge is -2.44. The van der Waals surface area contributed by atoms with E-state index in [2.05, 4.69) is 28.7 Å². The number of fused-ring (bicyclic) bond motifs is 1. The number of aromatic nitrogens is 2. The van der Waals surface area contributed by atoms with Crippen molar-refractivity contribution in [1.82, 2.24) is 14.9 Å². The molecule has 2 aromatic heterocycles. The van der Waals surface area contributed by atoms with Crippen LogP contribution in [0.2, 0.25) is 19.1 Å². The maximum atomic E-state index is 14.9. The van der Waals surface area contributed by atoms with Gasteiger partial charge < -0.3 is 29.4 Å². The van der Waals surface area contributed by atoms with Crippen molar-refractivity contribution in [2.24, 2.45) is 5.41 Å². The Bertz CT molecular complexity index is 1360. The van der Waals surface area contributed by atoms with Crippen LogP contribution in [0.3, 0.4) is 0 Å². The van der Waals surface area contributed by atoms with Crippen LogP contribution in [0.1, 0.15) is 19.4 Å². The number of hydrogen-bond acceptors (Lipinski definition) is 5. The van der Waals surface area contributed by atoms with Gasteiger partial charge in [0.05, 0.1) is 23.7 Å². The molecule has 0 saturated carbocycles. The fourth-order valence-electron chi connectivity index (χ4n) is 4.14. The van der Waals surface area contributed by atoms with Gasteiger partial charge in [0.1, 0.15) is 18.1 Å². The molecule has 3 aromatic rings. The molecule has 14 heteroatoms. The molecule has 2 amide bonds. The van der Waals surface area contributed by atoms with Crippen molar-refractivity contribution < 1.29 is 41.0 Å². The Hall–Kier alpha value is -3.23. The highest BCUT2D eigenvalue weighted by molar-refractivity contribution is 6.55. The first-order valence-electron chi connectivity index (χ1n) is 12.7. The molecule has 2 N–H and O–H groups in total. The quantitative estimate of drug-likeness (QED) is 0.170. The van der Waals surface area contributed by atoms with E-state index in [4.69, 9.17) is 14.2 Å². The largest absolute Gasteiger partial charge is 0.450 e. The predicted molar refractivity (Wildman–Crippen MR) is 141 cm³/mol. The summed E-state index contributed by atoms with van der Waals surface area (Å²) >= 11 is 0. The highest BCUT2D eigenvalue weighted by Gasteiger charge is 2.40. The number of pyridine rings is 1. The fourth-order valence-corrected chi connectivity index (χ4v) is 4.77. The zero-order valence-corrected chi connectivity index (χ0v) is 23.6. The van der Waals surface area contributed by atoms with Crippen molar-refractivity contribution in [3.05, 3.63) is 47.8 Å². The number of amides is 2. The van der Waals surface area contributed by atoms with Crippen LogP contribution in [0.5, 0.6) is 11.5 Å². The minimum atomic E-state index is -4.80. The SMILES string of the molecule is C[SiH](C)CCOCn1cc(C(F)(F)F)c2c(Oc3c(F)cc(NC(=O)NCC4OCC4(C)C)cc3F)ccnc21. The van der Waals surface area contributed by atoms with Crippen LogP contribution in [0.25, 0.3) is 11.0 Å². The third kappa shape index (κ3) is 6.73. The molecule has 40 heavy (non-hydrogen) atoms. The zero-order chi connectivity index (χ0) is 29.2. The summed E-state index contributed by atoms with van der Waals surface area (Å²) in [7, 11) is -0.902. The standard InChI is InChI=1S/C26H31F5N4O4Si/c1-25(2)13-38-20(25)11-33-24(36)34-15-9-17(27)22(18(28)10-15)39-19-5-6-32-23-21(19)16(26(29,30)31)12-35(23)14-37-7-8-40(3)4/h5-6,9-10,12,20,40H,7-8,11,13-14H2,1-4H3,(H2,33,34,36). The second-order valence-corrected chi connectivity index (χ2v) is 14.1. The lowest BCUT2D eigenvalue weighted by molar-refractivity contribution is -0.163. The number of alkyl halides is 3. The number of hydrogen-bond donors (Lipinski definition) is 2. The zero-order valence-electron chi connectivity index (χ0n) is 22.5. The van der Waals surface area contributed by atoms with E-state index in [1.807, 2.05) is 13.8 Å². The van der Waals surface area contributed by atoms with Gasteiger partial charge in [-0.15, -0.1) is 0 Å². The van der Waals surface area contributed by atoms with Gasteiger partial charge in [-0.25, -0.2) is 18.6 Å². The molecule has 218 valence electrons. The average molecular weight is 587 g/mol. The minimum absolute atomic E-state index is 0.0992. The van der Waals surface area contributed by atoms with Crippen LogP contribution in [0.4, 0.5) is 32.4 Å². The summed E-state index contributed by atoms with van der Waals surface area (Å²) < 4.78 is 89.1. The topological polar surface area (TPSA) is 86.6 Å². The van der Waals surface area contributed by atoms with Gasteiger partial charge in [-0.2, -0.15) is 13.2 Å². The average Bonchev–Trinajstić information content (AvgIpc) is 3.23. The number of nitrogens with zero attached hydrogens (tertiary/aromatic N) is 2. The third-order valence-electron chi connectivity index (χ3n) is 6.54. The van der Waals surface area contributed by atoms with Gasteiger partial charge in [-0.1, -0.05) is 26.9 Å². The molecular weight excluding hydrogens is 555 g/mol. The number of halogens is 5. The van der Waals surface area contributed by atoms with E-state index in [0.717, 1.165) is 30.4 Å². The molecule has 0 radical (unpaired) electrons. The molecule has 1 fully saturated rings. The summed E-state index contributed by atoms with van der Waals surface area (Å²) in [6, 6.07) is 2.86. The van der Waals surface area contributed by atoms with Gasteiger partial charge >= 0.3 is 12.2 Å². The first-order valence-corrected chi connectivity index (χ1v) is 15.8. The second kappa shape index (κ2) is 11.7.